The van der Waals surface area contributed by atoms with Crippen molar-refractivity contribution in [2.75, 3.05) is 44.3 Å². The maximum absolute atomic E-state index is 5.74. The van der Waals surface area contributed by atoms with E-state index in [1.807, 2.05) is 0 Å². The summed E-state index contributed by atoms with van der Waals surface area (Å²) in [7, 11) is 0. The van der Waals surface area contributed by atoms with Crippen LogP contribution in [-0.2, 0) is 4.74 Å². The zero-order valence-electron chi connectivity index (χ0n) is 13.8. The molecule has 118 valence electrons. The molecule has 1 aliphatic heterocycles. The van der Waals surface area contributed by atoms with Crippen molar-refractivity contribution in [1.29, 1.82) is 0 Å². The molecule has 1 fully saturated rings. The molecule has 0 radical (unpaired) electrons. The van der Waals surface area contributed by atoms with E-state index >= 15 is 0 Å². The highest BCUT2D eigenvalue weighted by atomic mass is 16.5. The van der Waals surface area contributed by atoms with Gasteiger partial charge in [0.15, 0.2) is 0 Å². The second-order valence-corrected chi connectivity index (χ2v) is 6.28. The number of para-hydroxylation sites is 1. The van der Waals surface area contributed by atoms with Crippen LogP contribution in [0.2, 0.25) is 0 Å². The Labute approximate surface area is 129 Å². The van der Waals surface area contributed by atoms with Crippen LogP contribution >= 0.6 is 0 Å². The van der Waals surface area contributed by atoms with Crippen LogP contribution in [0.5, 0.6) is 0 Å². The second kappa shape index (κ2) is 7.81. The molecule has 21 heavy (non-hydrogen) atoms. The summed E-state index contributed by atoms with van der Waals surface area (Å²) in [5.41, 5.74) is 2.98. The van der Waals surface area contributed by atoms with Crippen molar-refractivity contribution in [1.82, 2.24) is 5.32 Å². The van der Waals surface area contributed by atoms with E-state index in [1.165, 1.54) is 17.7 Å². The summed E-state index contributed by atoms with van der Waals surface area (Å²) in [5, 5.41) is 3.61. The van der Waals surface area contributed by atoms with Crippen LogP contribution in [0.3, 0.4) is 0 Å². The lowest BCUT2D eigenvalue weighted by molar-refractivity contribution is 0.152. The molecule has 0 saturated carbocycles. The van der Waals surface area contributed by atoms with Gasteiger partial charge in [0.2, 0.25) is 0 Å². The third-order valence-corrected chi connectivity index (χ3v) is 4.48. The van der Waals surface area contributed by atoms with Crippen molar-refractivity contribution in [3.63, 3.8) is 0 Å². The molecule has 1 aromatic carbocycles. The number of benzene rings is 1. The number of aryl methyl sites for hydroxylation is 1. The highest BCUT2D eigenvalue weighted by molar-refractivity contribution is 5.53. The molecule has 0 aromatic heterocycles. The molecule has 1 aliphatic rings. The molecule has 1 unspecified atom stereocenters. The molecule has 3 nitrogen and oxygen atoms in total. The van der Waals surface area contributed by atoms with Gasteiger partial charge in [-0.2, -0.15) is 0 Å². The van der Waals surface area contributed by atoms with Gasteiger partial charge in [0, 0.05) is 37.3 Å². The minimum atomic E-state index is 0.257. The lowest BCUT2D eigenvalue weighted by Crippen LogP contribution is -2.45. The Hall–Kier alpha value is -1.06. The van der Waals surface area contributed by atoms with Crippen molar-refractivity contribution in [3.05, 3.63) is 29.8 Å². The fourth-order valence-corrected chi connectivity index (χ4v) is 3.19. The molecule has 1 heterocycles. The topological polar surface area (TPSA) is 24.5 Å². The predicted octanol–water partition coefficient (Wildman–Crippen LogP) is 3.23. The highest BCUT2D eigenvalue weighted by Crippen LogP contribution is 2.31. The van der Waals surface area contributed by atoms with Gasteiger partial charge >= 0.3 is 0 Å². The number of hydrogen-bond donors (Lipinski definition) is 1. The van der Waals surface area contributed by atoms with Gasteiger partial charge in [-0.25, -0.2) is 0 Å². The quantitative estimate of drug-likeness (QED) is 0.744. The van der Waals surface area contributed by atoms with E-state index in [1.54, 1.807) is 0 Å². The van der Waals surface area contributed by atoms with Crippen LogP contribution in [0.1, 0.15) is 32.3 Å². The first-order valence-electron chi connectivity index (χ1n) is 8.30. The van der Waals surface area contributed by atoms with Crippen molar-refractivity contribution >= 4 is 5.69 Å². The van der Waals surface area contributed by atoms with E-state index in [-0.39, 0.29) is 5.41 Å². The summed E-state index contributed by atoms with van der Waals surface area (Å²) >= 11 is 0. The summed E-state index contributed by atoms with van der Waals surface area (Å²) in [6, 6.07) is 8.69. The number of nitrogens with one attached hydrogen (secondary N) is 1. The van der Waals surface area contributed by atoms with E-state index in [2.05, 4.69) is 55.3 Å². The Balaban J connectivity index is 2.09. The molecule has 0 amide bonds. The average Bonchev–Trinajstić information content (AvgIpc) is 2.95. The van der Waals surface area contributed by atoms with Gasteiger partial charge in [-0.05, 0) is 44.9 Å². The molecule has 1 N–H and O–H groups in total. The van der Waals surface area contributed by atoms with Crippen LogP contribution in [-0.4, -0.2) is 39.4 Å². The third kappa shape index (κ3) is 4.21. The number of hydrogen-bond acceptors (Lipinski definition) is 3. The molecule has 2 rings (SSSR count). The van der Waals surface area contributed by atoms with Crippen molar-refractivity contribution in [2.45, 2.75) is 33.6 Å². The second-order valence-electron chi connectivity index (χ2n) is 6.28. The number of rotatable bonds is 8. The predicted molar refractivity (Wildman–Crippen MR) is 90.1 cm³/mol. The van der Waals surface area contributed by atoms with Crippen LogP contribution in [0.4, 0.5) is 5.69 Å². The fourth-order valence-electron chi connectivity index (χ4n) is 3.19. The first-order valence-corrected chi connectivity index (χ1v) is 8.30. The molecule has 0 aliphatic carbocycles. The van der Waals surface area contributed by atoms with Gasteiger partial charge < -0.3 is 15.0 Å². The Morgan fingerprint density at radius 2 is 2.10 bits per heavy atom. The maximum atomic E-state index is 5.74. The summed E-state index contributed by atoms with van der Waals surface area (Å²) in [4.78, 5) is 2.51. The molecule has 1 atom stereocenters. The molecule has 1 saturated heterocycles. The summed E-state index contributed by atoms with van der Waals surface area (Å²) in [6.45, 7) is 12.7. The number of ether oxygens (including phenoxy) is 1. The highest BCUT2D eigenvalue weighted by Gasteiger charge is 2.36. The van der Waals surface area contributed by atoms with Crippen molar-refractivity contribution in [2.24, 2.45) is 5.41 Å². The molecular formula is C18H30N2O. The standard InChI is InChI=1S/C18H30N2O/c1-4-11-19-13-18(10-12-21-15-18)14-20(5-2)17-9-7-6-8-16(17)3/h6-9,19H,4-5,10-15H2,1-3H3. The van der Waals surface area contributed by atoms with Gasteiger partial charge in [-0.1, -0.05) is 25.1 Å². The van der Waals surface area contributed by atoms with Gasteiger partial charge in [-0.15, -0.1) is 0 Å². The van der Waals surface area contributed by atoms with E-state index in [0.29, 0.717) is 0 Å². The Bertz CT molecular complexity index is 427. The van der Waals surface area contributed by atoms with Gasteiger partial charge in [0.25, 0.3) is 0 Å². The fraction of sp³-hybridized carbons (Fsp3) is 0.667. The summed E-state index contributed by atoms with van der Waals surface area (Å²) in [6.07, 6.45) is 2.35. The van der Waals surface area contributed by atoms with Gasteiger partial charge in [0.05, 0.1) is 6.61 Å². The van der Waals surface area contributed by atoms with Crippen LogP contribution in [0.25, 0.3) is 0 Å². The van der Waals surface area contributed by atoms with E-state index < -0.39 is 0 Å². The van der Waals surface area contributed by atoms with E-state index in [4.69, 9.17) is 4.74 Å². The minimum absolute atomic E-state index is 0.257. The first kappa shape index (κ1) is 16.3. The maximum Gasteiger partial charge on any atom is 0.0552 e. The van der Waals surface area contributed by atoms with Crippen LogP contribution < -0.4 is 10.2 Å². The molecule has 0 bridgehead atoms. The average molecular weight is 290 g/mol. The van der Waals surface area contributed by atoms with Gasteiger partial charge in [0.1, 0.15) is 0 Å². The van der Waals surface area contributed by atoms with Crippen LogP contribution in [0.15, 0.2) is 24.3 Å². The van der Waals surface area contributed by atoms with Crippen molar-refractivity contribution in [3.8, 4) is 0 Å². The monoisotopic (exact) mass is 290 g/mol. The minimum Gasteiger partial charge on any atom is -0.381 e. The van der Waals surface area contributed by atoms with E-state index in [0.717, 1.165) is 45.8 Å². The van der Waals surface area contributed by atoms with Gasteiger partial charge in [-0.3, -0.25) is 0 Å². The lowest BCUT2D eigenvalue weighted by atomic mass is 9.86. The SMILES string of the molecule is CCCNCC1(CN(CC)c2ccccc2C)CCOC1. The Morgan fingerprint density at radius 1 is 1.29 bits per heavy atom. The third-order valence-electron chi connectivity index (χ3n) is 4.48. The summed E-state index contributed by atoms with van der Waals surface area (Å²) < 4.78 is 5.74. The normalized spacial score (nSPS) is 21.7. The number of anilines is 1. The molecule has 1 aromatic rings. The molecular weight excluding hydrogens is 260 g/mol. The zero-order valence-corrected chi connectivity index (χ0v) is 13.8. The van der Waals surface area contributed by atoms with E-state index in [9.17, 15) is 0 Å². The van der Waals surface area contributed by atoms with Crippen LogP contribution in [0, 0.1) is 12.3 Å². The van der Waals surface area contributed by atoms with Crippen molar-refractivity contribution < 1.29 is 4.74 Å². The number of nitrogens with zero attached hydrogens (tertiary/aromatic N) is 1. The zero-order chi connectivity index (χ0) is 15.1. The summed E-state index contributed by atoms with van der Waals surface area (Å²) in [5.74, 6) is 0. The Morgan fingerprint density at radius 3 is 2.71 bits per heavy atom. The Kier molecular flexibility index (Phi) is 6.07. The molecule has 3 heteroatoms. The first-order chi connectivity index (χ1) is 10.2. The largest absolute Gasteiger partial charge is 0.381 e. The smallest absolute Gasteiger partial charge is 0.0552 e. The lowest BCUT2D eigenvalue weighted by Gasteiger charge is -2.36. The molecule has 0 spiro atoms.